The van der Waals surface area contributed by atoms with E-state index in [9.17, 15) is 18.0 Å². The average molecular weight is 606 g/mol. The second-order valence-electron chi connectivity index (χ2n) is 11.1. The Labute approximate surface area is 256 Å². The number of nitrogens with zero attached hydrogens (tertiary/aromatic N) is 2. The molecular formula is C34H43N3O5S. The first-order valence-electron chi connectivity index (χ1n) is 15.2. The fourth-order valence-corrected chi connectivity index (χ4v) is 6.86. The lowest BCUT2D eigenvalue weighted by atomic mass is 9.95. The Morgan fingerprint density at radius 1 is 0.930 bits per heavy atom. The number of carbonyl (C=O) groups is 2. The van der Waals surface area contributed by atoms with Gasteiger partial charge in [-0.1, -0.05) is 79.4 Å². The third-order valence-corrected chi connectivity index (χ3v) is 9.70. The average Bonchev–Trinajstić information content (AvgIpc) is 3.01. The molecule has 0 saturated heterocycles. The molecule has 43 heavy (non-hydrogen) atoms. The van der Waals surface area contributed by atoms with E-state index in [1.807, 2.05) is 44.2 Å². The molecule has 9 heteroatoms. The Morgan fingerprint density at radius 2 is 1.58 bits per heavy atom. The highest BCUT2D eigenvalue weighted by Crippen LogP contribution is 2.33. The van der Waals surface area contributed by atoms with Gasteiger partial charge in [0.25, 0.3) is 10.0 Å². The zero-order chi connectivity index (χ0) is 30.8. The lowest BCUT2D eigenvalue weighted by Crippen LogP contribution is -2.53. The molecule has 3 aromatic rings. The summed E-state index contributed by atoms with van der Waals surface area (Å²) in [6, 6.07) is 22.4. The second-order valence-corrected chi connectivity index (χ2v) is 12.9. The highest BCUT2D eigenvalue weighted by molar-refractivity contribution is 7.92. The summed E-state index contributed by atoms with van der Waals surface area (Å²) in [6.45, 7) is 5.51. The quantitative estimate of drug-likeness (QED) is 0.278. The highest BCUT2D eigenvalue weighted by Gasteiger charge is 2.34. The van der Waals surface area contributed by atoms with Crippen molar-refractivity contribution in [3.05, 3.63) is 90.0 Å². The number of sulfonamides is 1. The van der Waals surface area contributed by atoms with Crippen LogP contribution in [0.25, 0.3) is 0 Å². The number of hydrogen-bond donors (Lipinski definition) is 1. The standard InChI is InChI=1S/C34H43N3O5S/c1-4-42-32-18-12-11-17-31(32)37(43(40,41)30-21-19-26(2)20-22-30)25-33(38)36(24-23-28-13-7-5-8-14-28)27(3)34(39)35-29-15-9-6-10-16-29/h5,7-8,11-14,17-22,27,29H,4,6,9-10,15-16,23-25H2,1-3H3,(H,35,39)/t27-/m0/s1. The van der Waals surface area contributed by atoms with Crippen molar-refractivity contribution in [1.82, 2.24) is 10.2 Å². The summed E-state index contributed by atoms with van der Waals surface area (Å²) < 4.78 is 35.1. The van der Waals surface area contributed by atoms with E-state index in [0.717, 1.165) is 47.5 Å². The number of aryl methyl sites for hydroxylation is 1. The van der Waals surface area contributed by atoms with E-state index in [-0.39, 0.29) is 29.1 Å². The maximum absolute atomic E-state index is 14.2. The van der Waals surface area contributed by atoms with E-state index in [1.165, 1.54) is 4.90 Å². The van der Waals surface area contributed by atoms with E-state index in [1.54, 1.807) is 55.5 Å². The zero-order valence-corrected chi connectivity index (χ0v) is 26.2. The number of rotatable bonds is 13. The predicted molar refractivity (Wildman–Crippen MR) is 170 cm³/mol. The fourth-order valence-electron chi connectivity index (χ4n) is 5.43. The summed E-state index contributed by atoms with van der Waals surface area (Å²) in [7, 11) is -4.17. The summed E-state index contributed by atoms with van der Waals surface area (Å²) in [5.41, 5.74) is 2.20. The van der Waals surface area contributed by atoms with Crippen LogP contribution in [0.4, 0.5) is 5.69 Å². The molecule has 1 saturated carbocycles. The molecule has 1 N–H and O–H groups in total. The third-order valence-electron chi connectivity index (χ3n) is 7.92. The van der Waals surface area contributed by atoms with Gasteiger partial charge < -0.3 is 15.0 Å². The minimum Gasteiger partial charge on any atom is -0.492 e. The number of hydrogen-bond acceptors (Lipinski definition) is 5. The van der Waals surface area contributed by atoms with E-state index in [2.05, 4.69) is 5.32 Å². The number of amides is 2. The van der Waals surface area contributed by atoms with Crippen LogP contribution < -0.4 is 14.4 Å². The van der Waals surface area contributed by atoms with Crippen molar-refractivity contribution in [3.8, 4) is 5.75 Å². The normalized spacial score (nSPS) is 14.5. The van der Waals surface area contributed by atoms with E-state index < -0.39 is 28.5 Å². The molecule has 0 unspecified atom stereocenters. The van der Waals surface area contributed by atoms with Gasteiger partial charge in [0.05, 0.1) is 17.2 Å². The Kier molecular flexibility index (Phi) is 11.2. The van der Waals surface area contributed by atoms with Gasteiger partial charge in [-0.2, -0.15) is 0 Å². The van der Waals surface area contributed by atoms with Crippen LogP contribution in [-0.2, 0) is 26.0 Å². The van der Waals surface area contributed by atoms with Crippen LogP contribution in [0, 0.1) is 6.92 Å². The minimum absolute atomic E-state index is 0.0659. The molecule has 3 aromatic carbocycles. The van der Waals surface area contributed by atoms with Gasteiger partial charge in [-0.3, -0.25) is 13.9 Å². The summed E-state index contributed by atoms with van der Waals surface area (Å²) >= 11 is 0. The topological polar surface area (TPSA) is 96.0 Å². The van der Waals surface area contributed by atoms with Gasteiger partial charge in [0.1, 0.15) is 18.3 Å². The zero-order valence-electron chi connectivity index (χ0n) is 25.4. The first-order chi connectivity index (χ1) is 20.7. The molecule has 0 spiro atoms. The number of carbonyl (C=O) groups excluding carboxylic acids is 2. The molecule has 1 atom stereocenters. The molecule has 8 nitrogen and oxygen atoms in total. The maximum Gasteiger partial charge on any atom is 0.264 e. The van der Waals surface area contributed by atoms with Gasteiger partial charge in [-0.05, 0) is 69.9 Å². The Morgan fingerprint density at radius 3 is 2.26 bits per heavy atom. The van der Waals surface area contributed by atoms with Crippen LogP contribution >= 0.6 is 0 Å². The van der Waals surface area contributed by atoms with Crippen LogP contribution in [0.1, 0.15) is 57.1 Å². The van der Waals surface area contributed by atoms with Gasteiger partial charge in [-0.15, -0.1) is 0 Å². The van der Waals surface area contributed by atoms with Crippen LogP contribution in [0.5, 0.6) is 5.75 Å². The Balaban J connectivity index is 1.67. The summed E-state index contributed by atoms with van der Waals surface area (Å²) in [5.74, 6) is -0.340. The number of nitrogens with one attached hydrogen (secondary N) is 1. The first kappa shape index (κ1) is 32.1. The van der Waals surface area contributed by atoms with Gasteiger partial charge in [0.2, 0.25) is 11.8 Å². The molecule has 4 rings (SSSR count). The SMILES string of the molecule is CCOc1ccccc1N(CC(=O)N(CCc1ccccc1)[C@@H](C)C(=O)NC1CCCCC1)S(=O)(=O)c1ccc(C)cc1. The lowest BCUT2D eigenvalue weighted by Gasteiger charge is -2.33. The van der Waals surface area contributed by atoms with Gasteiger partial charge in [0, 0.05) is 12.6 Å². The number of benzene rings is 3. The van der Waals surface area contributed by atoms with Gasteiger partial charge in [-0.25, -0.2) is 8.42 Å². The molecule has 1 aliphatic carbocycles. The van der Waals surface area contributed by atoms with Gasteiger partial charge >= 0.3 is 0 Å². The van der Waals surface area contributed by atoms with E-state index >= 15 is 0 Å². The van der Waals surface area contributed by atoms with Gasteiger partial charge in [0.15, 0.2) is 0 Å². The lowest BCUT2D eigenvalue weighted by molar-refractivity contribution is -0.139. The van der Waals surface area contributed by atoms with Crippen molar-refractivity contribution in [3.63, 3.8) is 0 Å². The summed E-state index contributed by atoms with van der Waals surface area (Å²) in [5, 5.41) is 3.14. The molecule has 0 radical (unpaired) electrons. The molecule has 1 aliphatic rings. The fraction of sp³-hybridized carbons (Fsp3) is 0.412. The van der Waals surface area contributed by atoms with Crippen LogP contribution in [0.3, 0.4) is 0 Å². The van der Waals surface area contributed by atoms with Crippen LogP contribution in [0.15, 0.2) is 83.8 Å². The molecular weight excluding hydrogens is 562 g/mol. The number of para-hydroxylation sites is 2. The maximum atomic E-state index is 14.2. The van der Waals surface area contributed by atoms with Crippen molar-refractivity contribution < 1.29 is 22.7 Å². The van der Waals surface area contributed by atoms with Crippen molar-refractivity contribution in [2.75, 3.05) is 24.0 Å². The largest absolute Gasteiger partial charge is 0.492 e. The molecule has 230 valence electrons. The summed E-state index contributed by atoms with van der Waals surface area (Å²) in [6.07, 6.45) is 5.68. The molecule has 2 amide bonds. The molecule has 0 aromatic heterocycles. The van der Waals surface area contributed by atoms with E-state index in [4.69, 9.17) is 4.74 Å². The molecule has 0 aliphatic heterocycles. The van der Waals surface area contributed by atoms with Crippen molar-refractivity contribution in [1.29, 1.82) is 0 Å². The monoisotopic (exact) mass is 605 g/mol. The number of ether oxygens (including phenoxy) is 1. The summed E-state index contributed by atoms with van der Waals surface area (Å²) in [4.78, 5) is 29.2. The molecule has 0 heterocycles. The van der Waals surface area contributed by atoms with Crippen molar-refractivity contribution >= 4 is 27.5 Å². The minimum atomic E-state index is -4.17. The smallest absolute Gasteiger partial charge is 0.264 e. The van der Waals surface area contributed by atoms with E-state index in [0.29, 0.717) is 18.8 Å². The molecule has 1 fully saturated rings. The van der Waals surface area contributed by atoms with Crippen LogP contribution in [0.2, 0.25) is 0 Å². The van der Waals surface area contributed by atoms with Crippen molar-refractivity contribution in [2.24, 2.45) is 0 Å². The third kappa shape index (κ3) is 8.38. The first-order valence-corrected chi connectivity index (χ1v) is 16.6. The van der Waals surface area contributed by atoms with Crippen molar-refractivity contribution in [2.45, 2.75) is 76.3 Å². The highest BCUT2D eigenvalue weighted by atomic mass is 32.2. The van der Waals surface area contributed by atoms with Crippen LogP contribution in [-0.4, -0.2) is 56.9 Å². The molecule has 0 bridgehead atoms. The predicted octanol–water partition coefficient (Wildman–Crippen LogP) is 5.50. The number of anilines is 1. The Hall–Kier alpha value is -3.85. The Bertz CT molecular complexity index is 1450. The second kappa shape index (κ2) is 15.0.